The van der Waals surface area contributed by atoms with Crippen molar-refractivity contribution >= 4 is 11.4 Å². The van der Waals surface area contributed by atoms with Gasteiger partial charge in [-0.15, -0.1) is 0 Å². The standard InChI is InChI=1S/C11H18N2O2/c1-13(2)10-5-3-4-9(6-10)12-7-11(15)8-14/h3-6,11-12,14-15H,7-8H2,1-2H3. The fraction of sp³-hybridized carbons (Fsp3) is 0.455. The summed E-state index contributed by atoms with van der Waals surface area (Å²) < 4.78 is 0. The molecule has 0 aliphatic heterocycles. The third kappa shape index (κ3) is 3.77. The highest BCUT2D eigenvalue weighted by molar-refractivity contribution is 5.57. The van der Waals surface area contributed by atoms with Crippen LogP contribution in [-0.4, -0.2) is 43.6 Å². The molecule has 0 saturated carbocycles. The van der Waals surface area contributed by atoms with Gasteiger partial charge in [-0.25, -0.2) is 0 Å². The van der Waals surface area contributed by atoms with Crippen LogP contribution in [0.15, 0.2) is 24.3 Å². The van der Waals surface area contributed by atoms with E-state index in [1.165, 1.54) is 0 Å². The summed E-state index contributed by atoms with van der Waals surface area (Å²) in [6, 6.07) is 7.87. The van der Waals surface area contributed by atoms with Crippen LogP contribution in [0.3, 0.4) is 0 Å². The van der Waals surface area contributed by atoms with E-state index in [-0.39, 0.29) is 6.61 Å². The summed E-state index contributed by atoms with van der Waals surface area (Å²) in [4.78, 5) is 2.01. The van der Waals surface area contributed by atoms with Crippen LogP contribution in [0.25, 0.3) is 0 Å². The maximum absolute atomic E-state index is 9.17. The Morgan fingerprint density at radius 3 is 2.73 bits per heavy atom. The van der Waals surface area contributed by atoms with E-state index in [9.17, 15) is 5.11 Å². The maximum atomic E-state index is 9.17. The monoisotopic (exact) mass is 210 g/mol. The van der Waals surface area contributed by atoms with Gasteiger partial charge in [0, 0.05) is 32.0 Å². The Balaban J connectivity index is 2.58. The normalized spacial score (nSPS) is 12.3. The molecule has 0 bridgehead atoms. The van der Waals surface area contributed by atoms with E-state index in [1.54, 1.807) is 0 Å². The Kier molecular flexibility index (Phi) is 4.39. The van der Waals surface area contributed by atoms with Gasteiger partial charge in [0.1, 0.15) is 0 Å². The van der Waals surface area contributed by atoms with Crippen LogP contribution in [0.2, 0.25) is 0 Å². The summed E-state index contributed by atoms with van der Waals surface area (Å²) in [5.41, 5.74) is 2.03. The average Bonchev–Trinajstić information content (AvgIpc) is 2.26. The first kappa shape index (κ1) is 11.8. The Hall–Kier alpha value is -1.26. The molecular weight excluding hydrogens is 192 g/mol. The van der Waals surface area contributed by atoms with Gasteiger partial charge in [0.2, 0.25) is 0 Å². The smallest absolute Gasteiger partial charge is 0.0942 e. The molecule has 0 saturated heterocycles. The van der Waals surface area contributed by atoms with Crippen LogP contribution in [-0.2, 0) is 0 Å². The van der Waals surface area contributed by atoms with Crippen molar-refractivity contribution in [2.24, 2.45) is 0 Å². The third-order valence-corrected chi connectivity index (χ3v) is 2.12. The second-order valence-corrected chi connectivity index (χ2v) is 3.66. The second-order valence-electron chi connectivity index (χ2n) is 3.66. The van der Waals surface area contributed by atoms with Crippen LogP contribution >= 0.6 is 0 Å². The number of rotatable bonds is 5. The van der Waals surface area contributed by atoms with E-state index in [0.29, 0.717) is 6.54 Å². The number of nitrogens with zero attached hydrogens (tertiary/aromatic N) is 1. The fourth-order valence-corrected chi connectivity index (χ4v) is 1.19. The van der Waals surface area contributed by atoms with Crippen molar-refractivity contribution in [1.82, 2.24) is 0 Å². The van der Waals surface area contributed by atoms with Crippen molar-refractivity contribution < 1.29 is 10.2 Å². The molecule has 1 rings (SSSR count). The van der Waals surface area contributed by atoms with Gasteiger partial charge in [0.25, 0.3) is 0 Å². The van der Waals surface area contributed by atoms with Gasteiger partial charge in [-0.05, 0) is 18.2 Å². The highest BCUT2D eigenvalue weighted by Crippen LogP contribution is 2.16. The first-order chi connectivity index (χ1) is 7.13. The number of hydrogen-bond donors (Lipinski definition) is 3. The second kappa shape index (κ2) is 5.58. The molecule has 1 atom stereocenters. The summed E-state index contributed by atoms with van der Waals surface area (Å²) in [5, 5.41) is 20.9. The van der Waals surface area contributed by atoms with Crippen molar-refractivity contribution in [3.05, 3.63) is 24.3 Å². The zero-order chi connectivity index (χ0) is 11.3. The molecule has 3 N–H and O–H groups in total. The summed E-state index contributed by atoms with van der Waals surface area (Å²) in [6.07, 6.45) is -0.715. The molecule has 0 heterocycles. The lowest BCUT2D eigenvalue weighted by molar-refractivity contribution is 0.105. The fourth-order valence-electron chi connectivity index (χ4n) is 1.19. The predicted octanol–water partition coefficient (Wildman–Crippen LogP) is 0.518. The minimum atomic E-state index is -0.715. The summed E-state index contributed by atoms with van der Waals surface area (Å²) in [6.45, 7) is 0.133. The Morgan fingerprint density at radius 2 is 2.13 bits per heavy atom. The van der Waals surface area contributed by atoms with Crippen LogP contribution in [0.5, 0.6) is 0 Å². The molecule has 1 aromatic carbocycles. The molecule has 4 heteroatoms. The largest absolute Gasteiger partial charge is 0.394 e. The highest BCUT2D eigenvalue weighted by atomic mass is 16.3. The lowest BCUT2D eigenvalue weighted by Gasteiger charge is -2.15. The first-order valence-corrected chi connectivity index (χ1v) is 4.93. The number of hydrogen-bond acceptors (Lipinski definition) is 4. The van der Waals surface area contributed by atoms with Crippen LogP contribution in [0.4, 0.5) is 11.4 Å². The molecule has 1 unspecified atom stereocenters. The first-order valence-electron chi connectivity index (χ1n) is 4.93. The molecule has 0 radical (unpaired) electrons. The van der Waals surface area contributed by atoms with E-state index in [2.05, 4.69) is 5.32 Å². The number of aliphatic hydroxyl groups excluding tert-OH is 2. The minimum Gasteiger partial charge on any atom is -0.394 e. The van der Waals surface area contributed by atoms with Gasteiger partial charge in [-0.3, -0.25) is 0 Å². The van der Waals surface area contributed by atoms with Crippen LogP contribution in [0, 0.1) is 0 Å². The number of nitrogens with one attached hydrogen (secondary N) is 1. The molecule has 0 amide bonds. The van der Waals surface area contributed by atoms with Crippen molar-refractivity contribution in [2.45, 2.75) is 6.10 Å². The lowest BCUT2D eigenvalue weighted by atomic mass is 10.2. The van der Waals surface area contributed by atoms with E-state index < -0.39 is 6.10 Å². The zero-order valence-corrected chi connectivity index (χ0v) is 9.14. The third-order valence-electron chi connectivity index (χ3n) is 2.12. The summed E-state index contributed by atoms with van der Waals surface area (Å²) in [7, 11) is 3.95. The molecule has 0 aliphatic rings. The zero-order valence-electron chi connectivity index (χ0n) is 9.14. The highest BCUT2D eigenvalue weighted by Gasteiger charge is 2.02. The summed E-state index contributed by atoms with van der Waals surface area (Å²) >= 11 is 0. The molecule has 0 aromatic heterocycles. The van der Waals surface area contributed by atoms with Crippen molar-refractivity contribution in [2.75, 3.05) is 37.5 Å². The molecule has 4 nitrogen and oxygen atoms in total. The Morgan fingerprint density at radius 1 is 1.40 bits per heavy atom. The van der Waals surface area contributed by atoms with Crippen molar-refractivity contribution in [1.29, 1.82) is 0 Å². The number of anilines is 2. The molecule has 0 aliphatic carbocycles. The molecule has 1 aromatic rings. The molecule has 15 heavy (non-hydrogen) atoms. The Bertz CT molecular complexity index is 302. The van der Waals surface area contributed by atoms with Crippen LogP contribution < -0.4 is 10.2 Å². The quantitative estimate of drug-likeness (QED) is 0.663. The summed E-state index contributed by atoms with van der Waals surface area (Å²) in [5.74, 6) is 0. The van der Waals surface area contributed by atoms with Gasteiger partial charge in [-0.1, -0.05) is 6.07 Å². The van der Waals surface area contributed by atoms with Crippen molar-refractivity contribution in [3.8, 4) is 0 Å². The van der Waals surface area contributed by atoms with Crippen LogP contribution in [0.1, 0.15) is 0 Å². The molecule has 0 fully saturated rings. The van der Waals surface area contributed by atoms with Gasteiger partial charge < -0.3 is 20.4 Å². The maximum Gasteiger partial charge on any atom is 0.0942 e. The molecule has 84 valence electrons. The number of benzene rings is 1. The molecule has 0 spiro atoms. The lowest BCUT2D eigenvalue weighted by Crippen LogP contribution is -2.23. The van der Waals surface area contributed by atoms with Gasteiger partial charge in [0.05, 0.1) is 12.7 Å². The van der Waals surface area contributed by atoms with E-state index in [1.807, 2.05) is 43.3 Å². The van der Waals surface area contributed by atoms with Gasteiger partial charge >= 0.3 is 0 Å². The van der Waals surface area contributed by atoms with E-state index in [4.69, 9.17) is 5.11 Å². The number of aliphatic hydroxyl groups is 2. The SMILES string of the molecule is CN(C)c1cccc(NCC(O)CO)c1. The van der Waals surface area contributed by atoms with Gasteiger partial charge in [0.15, 0.2) is 0 Å². The van der Waals surface area contributed by atoms with Gasteiger partial charge in [-0.2, -0.15) is 0 Å². The predicted molar refractivity (Wildman–Crippen MR) is 62.4 cm³/mol. The topological polar surface area (TPSA) is 55.7 Å². The minimum absolute atomic E-state index is 0.222. The average molecular weight is 210 g/mol. The van der Waals surface area contributed by atoms with E-state index in [0.717, 1.165) is 11.4 Å². The van der Waals surface area contributed by atoms with E-state index >= 15 is 0 Å². The molecular formula is C11H18N2O2. The van der Waals surface area contributed by atoms with Crippen molar-refractivity contribution in [3.63, 3.8) is 0 Å². The Labute approximate surface area is 90.2 Å².